The molecule has 1 aliphatic heterocycles. The third-order valence-electron chi connectivity index (χ3n) is 2.96. The van der Waals surface area contributed by atoms with Gasteiger partial charge in [0, 0.05) is 26.2 Å². The van der Waals surface area contributed by atoms with Gasteiger partial charge in [-0.15, -0.1) is 11.3 Å². The lowest BCUT2D eigenvalue weighted by atomic mass is 10.2. The van der Waals surface area contributed by atoms with E-state index < -0.39 is 0 Å². The molecular weight excluding hydrogens is 250 g/mol. The maximum absolute atomic E-state index is 12.4. The van der Waals surface area contributed by atoms with Crippen LogP contribution in [0.4, 0.5) is 0 Å². The molecule has 0 bridgehead atoms. The van der Waals surface area contributed by atoms with Crippen molar-refractivity contribution in [3.63, 3.8) is 0 Å². The minimum Gasteiger partial charge on any atom is -0.363 e. The minimum absolute atomic E-state index is 0.00106. The average molecular weight is 263 g/mol. The molecule has 0 unspecified atom stereocenters. The smallest absolute Gasteiger partial charge is 0.259 e. The zero-order valence-corrected chi connectivity index (χ0v) is 10.6. The number of thiophene rings is 1. The van der Waals surface area contributed by atoms with E-state index in [0.29, 0.717) is 11.3 Å². The molecule has 3 rings (SSSR count). The van der Waals surface area contributed by atoms with Crippen LogP contribution in [-0.2, 0) is 0 Å². The number of carbonyl (C=O) groups is 1. The Bertz CT molecular complexity index is 529. The molecule has 6 heteroatoms. The second-order valence-corrected chi connectivity index (χ2v) is 5.04. The Morgan fingerprint density at radius 3 is 3.00 bits per heavy atom. The molecule has 5 nitrogen and oxygen atoms in total. The number of nitrogens with zero attached hydrogens (tertiary/aromatic N) is 2. The highest BCUT2D eigenvalue weighted by Gasteiger charge is 2.24. The highest BCUT2D eigenvalue weighted by Crippen LogP contribution is 2.27. The lowest BCUT2D eigenvalue weighted by Gasteiger charge is -2.27. The number of carbonyl (C=O) groups excluding carboxylic acids is 1. The zero-order valence-electron chi connectivity index (χ0n) is 9.76. The number of piperazine rings is 1. The van der Waals surface area contributed by atoms with Gasteiger partial charge in [-0.1, -0.05) is 11.2 Å². The highest BCUT2D eigenvalue weighted by molar-refractivity contribution is 7.13. The number of amides is 1. The first kappa shape index (κ1) is 11.4. The van der Waals surface area contributed by atoms with Gasteiger partial charge in [-0.2, -0.15) is 0 Å². The van der Waals surface area contributed by atoms with Gasteiger partial charge in [0.1, 0.15) is 17.5 Å². The van der Waals surface area contributed by atoms with Gasteiger partial charge in [0.15, 0.2) is 0 Å². The normalized spacial score (nSPS) is 15.9. The summed E-state index contributed by atoms with van der Waals surface area (Å²) in [7, 11) is 0. The fourth-order valence-corrected chi connectivity index (χ4v) is 2.74. The fraction of sp³-hybridized carbons (Fsp3) is 0.333. The first-order valence-corrected chi connectivity index (χ1v) is 6.72. The van der Waals surface area contributed by atoms with Gasteiger partial charge in [-0.05, 0) is 11.4 Å². The Morgan fingerprint density at radius 2 is 2.28 bits per heavy atom. The van der Waals surface area contributed by atoms with Crippen LogP contribution in [0, 0.1) is 0 Å². The Balaban J connectivity index is 1.88. The molecule has 1 amide bonds. The molecule has 0 aliphatic carbocycles. The van der Waals surface area contributed by atoms with Crippen LogP contribution in [0.15, 0.2) is 28.3 Å². The van der Waals surface area contributed by atoms with Gasteiger partial charge in [-0.25, -0.2) is 0 Å². The molecule has 0 atom stereocenters. The molecule has 3 heterocycles. The van der Waals surface area contributed by atoms with Crippen molar-refractivity contribution in [1.82, 2.24) is 15.4 Å². The van der Waals surface area contributed by atoms with E-state index in [1.54, 1.807) is 11.3 Å². The predicted octanol–water partition coefficient (Wildman–Crippen LogP) is 1.45. The monoisotopic (exact) mass is 263 g/mol. The number of hydrogen-bond donors (Lipinski definition) is 1. The summed E-state index contributed by atoms with van der Waals surface area (Å²) in [5.41, 5.74) is 1.20. The van der Waals surface area contributed by atoms with Gasteiger partial charge in [0.25, 0.3) is 5.91 Å². The molecular formula is C12H13N3O2S. The van der Waals surface area contributed by atoms with E-state index in [1.165, 1.54) is 6.26 Å². The van der Waals surface area contributed by atoms with Crippen molar-refractivity contribution in [3.8, 4) is 10.6 Å². The standard InChI is InChI=1S/C12H13N3O2S/c16-12(15-5-3-13-4-6-15)9-8-17-14-11(9)10-2-1-7-18-10/h1-2,7-8,13H,3-6H2. The molecule has 94 valence electrons. The summed E-state index contributed by atoms with van der Waals surface area (Å²) in [5, 5.41) is 9.13. The van der Waals surface area contributed by atoms with E-state index in [9.17, 15) is 4.79 Å². The van der Waals surface area contributed by atoms with Crippen molar-refractivity contribution in [3.05, 3.63) is 29.3 Å². The summed E-state index contributed by atoms with van der Waals surface area (Å²) in [4.78, 5) is 15.2. The lowest BCUT2D eigenvalue weighted by Crippen LogP contribution is -2.46. The van der Waals surface area contributed by atoms with Gasteiger partial charge in [-0.3, -0.25) is 4.79 Å². The first-order chi connectivity index (χ1) is 8.86. The van der Waals surface area contributed by atoms with Crippen LogP contribution >= 0.6 is 11.3 Å². The number of hydrogen-bond acceptors (Lipinski definition) is 5. The maximum Gasteiger partial charge on any atom is 0.259 e. The highest BCUT2D eigenvalue weighted by atomic mass is 32.1. The van der Waals surface area contributed by atoms with Gasteiger partial charge in [0.2, 0.25) is 0 Å². The van der Waals surface area contributed by atoms with Crippen molar-refractivity contribution in [1.29, 1.82) is 0 Å². The minimum atomic E-state index is 0.00106. The Morgan fingerprint density at radius 1 is 1.44 bits per heavy atom. The van der Waals surface area contributed by atoms with Crippen molar-refractivity contribution >= 4 is 17.2 Å². The number of rotatable bonds is 2. The van der Waals surface area contributed by atoms with Crippen LogP contribution in [0.1, 0.15) is 10.4 Å². The van der Waals surface area contributed by atoms with E-state index in [2.05, 4.69) is 10.5 Å². The van der Waals surface area contributed by atoms with Crippen molar-refractivity contribution in [2.45, 2.75) is 0 Å². The van der Waals surface area contributed by atoms with Gasteiger partial charge in [0.05, 0.1) is 4.88 Å². The van der Waals surface area contributed by atoms with E-state index in [4.69, 9.17) is 4.52 Å². The van der Waals surface area contributed by atoms with Crippen molar-refractivity contribution in [2.24, 2.45) is 0 Å². The molecule has 2 aromatic heterocycles. The van der Waals surface area contributed by atoms with Crippen molar-refractivity contribution in [2.75, 3.05) is 26.2 Å². The molecule has 1 aliphatic rings. The second-order valence-electron chi connectivity index (χ2n) is 4.10. The fourth-order valence-electron chi connectivity index (χ4n) is 2.02. The van der Waals surface area contributed by atoms with E-state index >= 15 is 0 Å². The summed E-state index contributed by atoms with van der Waals surface area (Å²) >= 11 is 1.55. The molecule has 0 radical (unpaired) electrons. The number of nitrogens with one attached hydrogen (secondary N) is 1. The molecule has 1 fully saturated rings. The lowest BCUT2D eigenvalue weighted by molar-refractivity contribution is 0.0736. The zero-order chi connectivity index (χ0) is 12.4. The molecule has 1 saturated heterocycles. The van der Waals surface area contributed by atoms with Gasteiger partial charge >= 0.3 is 0 Å². The van der Waals surface area contributed by atoms with E-state index in [-0.39, 0.29) is 5.91 Å². The SMILES string of the molecule is O=C(c1conc1-c1cccs1)N1CCNCC1. The largest absolute Gasteiger partial charge is 0.363 e. The quantitative estimate of drug-likeness (QED) is 0.891. The summed E-state index contributed by atoms with van der Waals surface area (Å²) in [5.74, 6) is 0.00106. The van der Waals surface area contributed by atoms with E-state index in [1.807, 2.05) is 22.4 Å². The first-order valence-electron chi connectivity index (χ1n) is 5.84. The van der Waals surface area contributed by atoms with Crippen LogP contribution in [-0.4, -0.2) is 42.1 Å². The summed E-state index contributed by atoms with van der Waals surface area (Å²) in [6.45, 7) is 3.14. The van der Waals surface area contributed by atoms with Crippen LogP contribution in [0.5, 0.6) is 0 Å². The molecule has 0 spiro atoms. The van der Waals surface area contributed by atoms with Gasteiger partial charge < -0.3 is 14.7 Å². The summed E-state index contributed by atoms with van der Waals surface area (Å²) in [6, 6.07) is 3.88. The third kappa shape index (κ3) is 2.04. The molecule has 0 aromatic carbocycles. The maximum atomic E-state index is 12.4. The van der Waals surface area contributed by atoms with Crippen LogP contribution in [0.25, 0.3) is 10.6 Å². The summed E-state index contributed by atoms with van der Waals surface area (Å²) < 4.78 is 4.97. The predicted molar refractivity (Wildman–Crippen MR) is 68.6 cm³/mol. The van der Waals surface area contributed by atoms with E-state index in [0.717, 1.165) is 31.1 Å². The molecule has 2 aromatic rings. The average Bonchev–Trinajstić information content (AvgIpc) is 3.09. The van der Waals surface area contributed by atoms with Crippen molar-refractivity contribution < 1.29 is 9.32 Å². The van der Waals surface area contributed by atoms with Crippen LogP contribution < -0.4 is 5.32 Å². The molecule has 1 N–H and O–H groups in total. The molecule has 0 saturated carbocycles. The Labute approximate surface area is 108 Å². The van der Waals surface area contributed by atoms with Crippen LogP contribution in [0.2, 0.25) is 0 Å². The second kappa shape index (κ2) is 4.91. The topological polar surface area (TPSA) is 58.4 Å². The van der Waals surface area contributed by atoms with Crippen LogP contribution in [0.3, 0.4) is 0 Å². The number of aromatic nitrogens is 1. The molecule has 18 heavy (non-hydrogen) atoms. The Kier molecular flexibility index (Phi) is 3.12. The summed E-state index contributed by atoms with van der Waals surface area (Å²) in [6.07, 6.45) is 1.44. The third-order valence-corrected chi connectivity index (χ3v) is 3.84. The Hall–Kier alpha value is -1.66.